The average Bonchev–Trinajstić information content (AvgIpc) is 2.41. The van der Waals surface area contributed by atoms with Gasteiger partial charge in [-0.05, 0) is 24.4 Å². The zero-order valence-corrected chi connectivity index (χ0v) is 11.0. The zero-order valence-electron chi connectivity index (χ0n) is 10.2. The maximum absolute atomic E-state index is 12.2. The number of nitrogens with zero attached hydrogens (tertiary/aromatic N) is 1. The van der Waals surface area contributed by atoms with Gasteiger partial charge >= 0.3 is 0 Å². The fourth-order valence-electron chi connectivity index (χ4n) is 1.73. The molecule has 2 N–H and O–H groups in total. The van der Waals surface area contributed by atoms with Gasteiger partial charge in [0, 0.05) is 6.54 Å². The Morgan fingerprint density at radius 1 is 1.47 bits per heavy atom. The summed E-state index contributed by atoms with van der Waals surface area (Å²) in [6.07, 6.45) is 1.57. The lowest BCUT2D eigenvalue weighted by Crippen LogP contribution is -2.33. The molecule has 0 unspecified atom stereocenters. The predicted molar refractivity (Wildman–Crippen MR) is 76.6 cm³/mol. The molecule has 1 aromatic carbocycles. The van der Waals surface area contributed by atoms with Crippen LogP contribution in [0.1, 0.15) is 0 Å². The number of amides is 1. The van der Waals surface area contributed by atoms with Crippen LogP contribution in [0.3, 0.4) is 0 Å². The molecular formula is C13H13N3O2S. The van der Waals surface area contributed by atoms with Crippen LogP contribution in [0.5, 0.6) is 0 Å². The molecule has 6 heteroatoms. The molecule has 1 amide bonds. The Kier molecular flexibility index (Phi) is 3.91. The van der Waals surface area contributed by atoms with Gasteiger partial charge < -0.3 is 10.3 Å². The van der Waals surface area contributed by atoms with Crippen molar-refractivity contribution in [1.29, 1.82) is 0 Å². The SMILES string of the molecule is C=CCNC(=O)Cn1c(=S)[nH]c2ccccc2c1=O. The molecule has 0 fully saturated rings. The van der Waals surface area contributed by atoms with Crippen molar-refractivity contribution in [3.63, 3.8) is 0 Å². The van der Waals surface area contributed by atoms with E-state index >= 15 is 0 Å². The van der Waals surface area contributed by atoms with Crippen molar-refractivity contribution in [2.24, 2.45) is 0 Å². The maximum Gasteiger partial charge on any atom is 0.262 e. The van der Waals surface area contributed by atoms with Crippen molar-refractivity contribution in [2.75, 3.05) is 6.54 Å². The number of aromatic nitrogens is 2. The van der Waals surface area contributed by atoms with Gasteiger partial charge in [0.05, 0.1) is 10.9 Å². The number of hydrogen-bond acceptors (Lipinski definition) is 3. The summed E-state index contributed by atoms with van der Waals surface area (Å²) in [7, 11) is 0. The van der Waals surface area contributed by atoms with Gasteiger partial charge in [-0.2, -0.15) is 0 Å². The average molecular weight is 275 g/mol. The summed E-state index contributed by atoms with van der Waals surface area (Å²) in [5, 5.41) is 3.11. The quantitative estimate of drug-likeness (QED) is 0.654. The number of carbonyl (C=O) groups excluding carboxylic acids is 1. The summed E-state index contributed by atoms with van der Waals surface area (Å²) in [5.74, 6) is -0.281. The van der Waals surface area contributed by atoms with Gasteiger partial charge in [0.15, 0.2) is 4.77 Å². The number of aromatic amines is 1. The molecule has 0 saturated carbocycles. The molecule has 0 aliphatic heterocycles. The fraction of sp³-hybridized carbons (Fsp3) is 0.154. The van der Waals surface area contributed by atoms with E-state index < -0.39 is 0 Å². The first-order valence-electron chi connectivity index (χ1n) is 5.73. The van der Waals surface area contributed by atoms with Crippen LogP contribution in [-0.2, 0) is 11.3 Å². The highest BCUT2D eigenvalue weighted by atomic mass is 32.1. The molecule has 2 aromatic rings. The molecular weight excluding hydrogens is 262 g/mol. The minimum absolute atomic E-state index is 0.104. The monoisotopic (exact) mass is 275 g/mol. The number of carbonyl (C=O) groups is 1. The predicted octanol–water partition coefficient (Wildman–Crippen LogP) is 1.36. The van der Waals surface area contributed by atoms with Gasteiger partial charge in [-0.3, -0.25) is 14.2 Å². The molecule has 1 heterocycles. The highest BCUT2D eigenvalue weighted by Crippen LogP contribution is 2.05. The molecule has 19 heavy (non-hydrogen) atoms. The number of fused-ring (bicyclic) bond motifs is 1. The molecule has 0 saturated heterocycles. The van der Waals surface area contributed by atoms with Crippen LogP contribution in [0.2, 0.25) is 0 Å². The molecule has 2 rings (SSSR count). The summed E-state index contributed by atoms with van der Waals surface area (Å²) in [6, 6.07) is 7.05. The fourth-order valence-corrected chi connectivity index (χ4v) is 1.99. The van der Waals surface area contributed by atoms with Gasteiger partial charge in [0.2, 0.25) is 5.91 Å². The number of rotatable bonds is 4. The smallest absolute Gasteiger partial charge is 0.262 e. The Bertz CT molecular complexity index is 745. The van der Waals surface area contributed by atoms with Gasteiger partial charge in [-0.15, -0.1) is 6.58 Å². The lowest BCUT2D eigenvalue weighted by Gasteiger charge is -2.07. The Hall–Kier alpha value is -2.21. The molecule has 0 bridgehead atoms. The van der Waals surface area contributed by atoms with Crippen molar-refractivity contribution in [3.05, 3.63) is 52.0 Å². The van der Waals surface area contributed by atoms with Crippen LogP contribution in [0.15, 0.2) is 41.7 Å². The van der Waals surface area contributed by atoms with Crippen LogP contribution in [0.4, 0.5) is 0 Å². The van der Waals surface area contributed by atoms with E-state index in [2.05, 4.69) is 16.9 Å². The summed E-state index contributed by atoms with van der Waals surface area (Å²) >= 11 is 5.11. The van der Waals surface area contributed by atoms with Gasteiger partial charge in [-0.1, -0.05) is 18.2 Å². The largest absolute Gasteiger partial charge is 0.351 e. The second-order valence-electron chi connectivity index (χ2n) is 3.96. The molecule has 1 aromatic heterocycles. The minimum atomic E-state index is -0.281. The lowest BCUT2D eigenvalue weighted by molar-refractivity contribution is -0.121. The van der Waals surface area contributed by atoms with E-state index in [9.17, 15) is 9.59 Å². The Morgan fingerprint density at radius 3 is 2.95 bits per heavy atom. The molecule has 0 aliphatic rings. The highest BCUT2D eigenvalue weighted by molar-refractivity contribution is 7.71. The first-order chi connectivity index (χ1) is 9.13. The van der Waals surface area contributed by atoms with Gasteiger partial charge in [0.25, 0.3) is 5.56 Å². The van der Waals surface area contributed by atoms with E-state index in [0.717, 1.165) is 0 Å². The van der Waals surface area contributed by atoms with Crippen molar-refractivity contribution in [2.45, 2.75) is 6.54 Å². The Balaban J connectivity index is 2.44. The van der Waals surface area contributed by atoms with E-state index in [-0.39, 0.29) is 22.8 Å². The van der Waals surface area contributed by atoms with Crippen LogP contribution in [-0.4, -0.2) is 22.0 Å². The van der Waals surface area contributed by atoms with E-state index in [4.69, 9.17) is 12.2 Å². The number of para-hydroxylation sites is 1. The van der Waals surface area contributed by atoms with E-state index in [1.165, 1.54) is 4.57 Å². The van der Waals surface area contributed by atoms with Crippen LogP contribution >= 0.6 is 12.2 Å². The van der Waals surface area contributed by atoms with Gasteiger partial charge in [0.1, 0.15) is 6.54 Å². The van der Waals surface area contributed by atoms with E-state index in [1.54, 1.807) is 24.3 Å². The lowest BCUT2D eigenvalue weighted by atomic mass is 10.2. The maximum atomic E-state index is 12.2. The third-order valence-electron chi connectivity index (χ3n) is 2.63. The highest BCUT2D eigenvalue weighted by Gasteiger charge is 2.08. The van der Waals surface area contributed by atoms with Crippen LogP contribution < -0.4 is 10.9 Å². The van der Waals surface area contributed by atoms with Crippen molar-refractivity contribution in [3.8, 4) is 0 Å². The number of H-pyrrole nitrogens is 1. The van der Waals surface area contributed by atoms with Crippen molar-refractivity contribution in [1.82, 2.24) is 14.9 Å². The summed E-state index contributed by atoms with van der Waals surface area (Å²) in [6.45, 7) is 3.76. The summed E-state index contributed by atoms with van der Waals surface area (Å²) in [4.78, 5) is 26.8. The standard InChI is InChI=1S/C13H13N3O2S/c1-2-7-14-11(17)8-16-12(18)9-5-3-4-6-10(9)15-13(16)19/h2-6H,1,7-8H2,(H,14,17)(H,15,19). The normalized spacial score (nSPS) is 10.3. The van der Waals surface area contributed by atoms with Crippen molar-refractivity contribution < 1.29 is 4.79 Å². The summed E-state index contributed by atoms with van der Waals surface area (Å²) < 4.78 is 1.48. The topological polar surface area (TPSA) is 66.9 Å². The second-order valence-corrected chi connectivity index (χ2v) is 4.35. The number of benzene rings is 1. The Morgan fingerprint density at radius 2 is 2.21 bits per heavy atom. The zero-order chi connectivity index (χ0) is 13.8. The van der Waals surface area contributed by atoms with E-state index in [0.29, 0.717) is 17.4 Å². The van der Waals surface area contributed by atoms with Crippen molar-refractivity contribution >= 4 is 29.0 Å². The van der Waals surface area contributed by atoms with Gasteiger partial charge in [-0.25, -0.2) is 0 Å². The first kappa shape index (κ1) is 13.2. The molecule has 0 aliphatic carbocycles. The van der Waals surface area contributed by atoms with Crippen LogP contribution in [0.25, 0.3) is 10.9 Å². The summed E-state index contributed by atoms with van der Waals surface area (Å²) in [5.41, 5.74) is 0.397. The van der Waals surface area contributed by atoms with Crippen LogP contribution in [0, 0.1) is 4.77 Å². The first-order valence-corrected chi connectivity index (χ1v) is 6.14. The molecule has 98 valence electrons. The number of hydrogen-bond donors (Lipinski definition) is 2. The third kappa shape index (κ3) is 2.79. The third-order valence-corrected chi connectivity index (χ3v) is 2.96. The molecule has 0 spiro atoms. The number of nitrogens with one attached hydrogen (secondary N) is 2. The molecule has 5 nitrogen and oxygen atoms in total. The molecule has 0 radical (unpaired) electrons. The second kappa shape index (κ2) is 5.62. The minimum Gasteiger partial charge on any atom is -0.351 e. The molecule has 0 atom stereocenters. The Labute approximate surface area is 114 Å². The van der Waals surface area contributed by atoms with E-state index in [1.807, 2.05) is 6.07 Å².